The van der Waals surface area contributed by atoms with Gasteiger partial charge >= 0.3 is 0 Å². The summed E-state index contributed by atoms with van der Waals surface area (Å²) < 4.78 is 0. The molecule has 0 aliphatic carbocycles. The first-order valence-electron chi connectivity index (χ1n) is 3.77. The zero-order valence-electron chi connectivity index (χ0n) is 7.16. The number of aromatic nitrogens is 1. The van der Waals surface area contributed by atoms with E-state index in [-0.39, 0.29) is 0 Å². The number of rotatable bonds is 2. The molecule has 1 heterocycles. The van der Waals surface area contributed by atoms with Crippen molar-refractivity contribution >= 4 is 11.8 Å². The van der Waals surface area contributed by atoms with Crippen LogP contribution in [0.1, 0.15) is 18.2 Å². The molecule has 0 spiro atoms. The molecule has 1 aromatic heterocycles. The summed E-state index contributed by atoms with van der Waals surface area (Å²) in [6.45, 7) is 4.04. The van der Waals surface area contributed by atoms with Crippen LogP contribution in [0.4, 0.5) is 0 Å². The monoisotopic (exact) mass is 178 g/mol. The summed E-state index contributed by atoms with van der Waals surface area (Å²) in [5.41, 5.74) is 1.64. The first kappa shape index (κ1) is 9.08. The van der Waals surface area contributed by atoms with E-state index in [0.717, 1.165) is 16.2 Å². The lowest BCUT2D eigenvalue weighted by molar-refractivity contribution is 1.14. The molecule has 0 unspecified atom stereocenters. The van der Waals surface area contributed by atoms with E-state index >= 15 is 0 Å². The van der Waals surface area contributed by atoms with Gasteiger partial charge in [0.05, 0.1) is 0 Å². The van der Waals surface area contributed by atoms with Gasteiger partial charge in [-0.25, -0.2) is 4.98 Å². The highest BCUT2D eigenvalue weighted by molar-refractivity contribution is 7.99. The van der Waals surface area contributed by atoms with Gasteiger partial charge in [0.15, 0.2) is 5.69 Å². The Morgan fingerprint density at radius 2 is 2.42 bits per heavy atom. The molecule has 0 aliphatic heterocycles. The highest BCUT2D eigenvalue weighted by Crippen LogP contribution is 2.21. The molecule has 0 amide bonds. The second-order valence-electron chi connectivity index (χ2n) is 2.40. The third-order valence-electron chi connectivity index (χ3n) is 1.40. The molecule has 1 rings (SSSR count). The van der Waals surface area contributed by atoms with Gasteiger partial charge in [0.1, 0.15) is 6.07 Å². The Morgan fingerprint density at radius 1 is 1.67 bits per heavy atom. The number of pyridine rings is 1. The molecule has 0 atom stereocenters. The lowest BCUT2D eigenvalue weighted by atomic mass is 10.3. The average molecular weight is 178 g/mol. The van der Waals surface area contributed by atoms with Gasteiger partial charge in [-0.15, -0.1) is 11.8 Å². The van der Waals surface area contributed by atoms with E-state index in [0.29, 0.717) is 5.69 Å². The Morgan fingerprint density at radius 3 is 3.00 bits per heavy atom. The van der Waals surface area contributed by atoms with E-state index in [1.54, 1.807) is 18.0 Å². The minimum Gasteiger partial charge on any atom is -0.244 e. The van der Waals surface area contributed by atoms with E-state index in [4.69, 9.17) is 5.26 Å². The Bertz CT molecular complexity index is 315. The van der Waals surface area contributed by atoms with Crippen molar-refractivity contribution in [1.82, 2.24) is 4.98 Å². The topological polar surface area (TPSA) is 36.7 Å². The first-order valence-corrected chi connectivity index (χ1v) is 4.76. The summed E-state index contributed by atoms with van der Waals surface area (Å²) in [7, 11) is 0. The van der Waals surface area contributed by atoms with E-state index in [2.05, 4.69) is 18.0 Å². The fourth-order valence-electron chi connectivity index (χ4n) is 0.892. The van der Waals surface area contributed by atoms with Gasteiger partial charge < -0.3 is 0 Å². The van der Waals surface area contributed by atoms with Crippen LogP contribution in [0, 0.1) is 18.3 Å². The summed E-state index contributed by atoms with van der Waals surface area (Å²) >= 11 is 1.66. The quantitative estimate of drug-likeness (QED) is 0.652. The van der Waals surface area contributed by atoms with Crippen molar-refractivity contribution in [3.63, 3.8) is 0 Å². The zero-order chi connectivity index (χ0) is 8.97. The molecule has 12 heavy (non-hydrogen) atoms. The van der Waals surface area contributed by atoms with Gasteiger partial charge in [0.25, 0.3) is 0 Å². The van der Waals surface area contributed by atoms with Crippen LogP contribution in [0.2, 0.25) is 0 Å². The van der Waals surface area contributed by atoms with Crippen LogP contribution in [-0.4, -0.2) is 10.7 Å². The summed E-state index contributed by atoms with van der Waals surface area (Å²) in [5.74, 6) is 0.972. The SMILES string of the molecule is CCSc1cc(C)cnc1C#N. The van der Waals surface area contributed by atoms with E-state index in [9.17, 15) is 0 Å². The Hall–Kier alpha value is -1.01. The van der Waals surface area contributed by atoms with E-state index in [1.165, 1.54) is 0 Å². The Labute approximate surface area is 76.6 Å². The van der Waals surface area contributed by atoms with Gasteiger partial charge in [0.2, 0.25) is 0 Å². The molecule has 0 saturated heterocycles. The number of aryl methyl sites for hydroxylation is 1. The molecular weight excluding hydrogens is 168 g/mol. The third-order valence-corrected chi connectivity index (χ3v) is 2.31. The number of thioether (sulfide) groups is 1. The minimum atomic E-state index is 0.535. The van der Waals surface area contributed by atoms with Crippen LogP contribution in [0.3, 0.4) is 0 Å². The van der Waals surface area contributed by atoms with Gasteiger partial charge in [-0.05, 0) is 24.3 Å². The predicted molar refractivity (Wildman–Crippen MR) is 50.1 cm³/mol. The number of nitrogens with zero attached hydrogens (tertiary/aromatic N) is 2. The van der Waals surface area contributed by atoms with Gasteiger partial charge in [-0.2, -0.15) is 5.26 Å². The van der Waals surface area contributed by atoms with Crippen LogP contribution in [0.5, 0.6) is 0 Å². The van der Waals surface area contributed by atoms with Crippen LogP contribution < -0.4 is 0 Å². The summed E-state index contributed by atoms with van der Waals surface area (Å²) in [4.78, 5) is 5.02. The number of hydrogen-bond acceptors (Lipinski definition) is 3. The predicted octanol–water partition coefficient (Wildman–Crippen LogP) is 2.37. The fourth-order valence-corrected chi connectivity index (χ4v) is 1.71. The maximum atomic E-state index is 8.71. The molecule has 62 valence electrons. The molecule has 1 aromatic rings. The Balaban J connectivity index is 3.06. The van der Waals surface area contributed by atoms with Crippen LogP contribution >= 0.6 is 11.8 Å². The highest BCUT2D eigenvalue weighted by Gasteiger charge is 2.02. The van der Waals surface area contributed by atoms with Crippen molar-refractivity contribution in [3.05, 3.63) is 23.5 Å². The second-order valence-corrected chi connectivity index (χ2v) is 3.71. The van der Waals surface area contributed by atoms with Crippen molar-refractivity contribution in [1.29, 1.82) is 5.26 Å². The van der Waals surface area contributed by atoms with E-state index < -0.39 is 0 Å². The molecule has 0 fully saturated rings. The zero-order valence-corrected chi connectivity index (χ0v) is 7.98. The van der Waals surface area contributed by atoms with Crippen molar-refractivity contribution in [2.45, 2.75) is 18.7 Å². The summed E-state index contributed by atoms with van der Waals surface area (Å²) in [6.07, 6.45) is 1.72. The molecule has 0 N–H and O–H groups in total. The smallest absolute Gasteiger partial charge is 0.153 e. The Kier molecular flexibility index (Phi) is 3.12. The van der Waals surface area contributed by atoms with Crippen LogP contribution in [0.25, 0.3) is 0 Å². The van der Waals surface area contributed by atoms with Crippen molar-refractivity contribution in [2.75, 3.05) is 5.75 Å². The molecule has 0 aromatic carbocycles. The molecule has 0 radical (unpaired) electrons. The van der Waals surface area contributed by atoms with E-state index in [1.807, 2.05) is 13.0 Å². The van der Waals surface area contributed by atoms with Crippen LogP contribution in [-0.2, 0) is 0 Å². The summed E-state index contributed by atoms with van der Waals surface area (Å²) in [6, 6.07) is 4.08. The fraction of sp³-hybridized carbons (Fsp3) is 0.333. The summed E-state index contributed by atoms with van der Waals surface area (Å²) in [5, 5.41) is 8.71. The minimum absolute atomic E-state index is 0.535. The number of nitriles is 1. The average Bonchev–Trinajstić information content (AvgIpc) is 2.05. The van der Waals surface area contributed by atoms with Gasteiger partial charge in [0, 0.05) is 11.1 Å². The largest absolute Gasteiger partial charge is 0.244 e. The maximum absolute atomic E-state index is 8.71. The standard InChI is InChI=1S/C9H10N2S/c1-3-12-9-4-7(2)6-11-8(9)5-10/h4,6H,3H2,1-2H3. The van der Waals surface area contributed by atoms with Crippen molar-refractivity contribution < 1.29 is 0 Å². The molecule has 2 nitrogen and oxygen atoms in total. The third kappa shape index (κ3) is 1.99. The van der Waals surface area contributed by atoms with Gasteiger partial charge in [-0.1, -0.05) is 6.92 Å². The molecule has 0 bridgehead atoms. The lowest BCUT2D eigenvalue weighted by Crippen LogP contribution is -1.88. The normalized spacial score (nSPS) is 9.42. The second kappa shape index (κ2) is 4.13. The highest BCUT2D eigenvalue weighted by atomic mass is 32.2. The van der Waals surface area contributed by atoms with Crippen molar-refractivity contribution in [2.24, 2.45) is 0 Å². The molecule has 3 heteroatoms. The lowest BCUT2D eigenvalue weighted by Gasteiger charge is -2.00. The van der Waals surface area contributed by atoms with Gasteiger partial charge in [-0.3, -0.25) is 0 Å². The molecule has 0 aliphatic rings. The maximum Gasteiger partial charge on any atom is 0.153 e. The molecule has 0 saturated carbocycles. The van der Waals surface area contributed by atoms with Crippen LogP contribution in [0.15, 0.2) is 17.2 Å². The first-order chi connectivity index (χ1) is 5.77. The van der Waals surface area contributed by atoms with Crippen molar-refractivity contribution in [3.8, 4) is 6.07 Å². The molecular formula is C9H10N2S. The number of hydrogen-bond donors (Lipinski definition) is 0.